The van der Waals surface area contributed by atoms with Crippen LogP contribution in [-0.4, -0.2) is 47.2 Å². The topological polar surface area (TPSA) is 80.2 Å². The van der Waals surface area contributed by atoms with Crippen molar-refractivity contribution in [3.8, 4) is 0 Å². The molecule has 4 rings (SSSR count). The second-order valence-electron chi connectivity index (χ2n) is 6.79. The summed E-state index contributed by atoms with van der Waals surface area (Å²) in [5, 5.41) is 3.99. The first-order chi connectivity index (χ1) is 12.7. The van der Waals surface area contributed by atoms with Crippen molar-refractivity contribution in [2.45, 2.75) is 38.5 Å². The number of aryl methyl sites for hydroxylation is 1. The third-order valence-electron chi connectivity index (χ3n) is 4.87. The lowest BCUT2D eigenvalue weighted by atomic mass is 10.0. The number of rotatable bonds is 4. The molecule has 1 amide bonds. The van der Waals surface area contributed by atoms with Crippen LogP contribution in [0.25, 0.3) is 0 Å². The zero-order chi connectivity index (χ0) is 17.9. The van der Waals surface area contributed by atoms with Crippen LogP contribution in [0, 0.1) is 6.92 Å². The van der Waals surface area contributed by atoms with Crippen LogP contribution < -0.4 is 10.2 Å². The fourth-order valence-corrected chi connectivity index (χ4v) is 4.59. The largest absolute Gasteiger partial charge is 0.381 e. The van der Waals surface area contributed by atoms with Gasteiger partial charge >= 0.3 is 0 Å². The standard InChI is InChI=1S/C18H23N5O2S/c1-12-15(26-18(21-12)13-5-4-8-25-10-13)17(24)22-14-9-19-11-20-16(14)23-6-2-3-7-23/h9,11,13H,2-8,10H2,1H3,(H,22,24). The van der Waals surface area contributed by atoms with Crippen LogP contribution in [-0.2, 0) is 4.74 Å². The summed E-state index contributed by atoms with van der Waals surface area (Å²) in [6.07, 6.45) is 7.62. The minimum atomic E-state index is -0.141. The number of hydrogen-bond donors (Lipinski definition) is 1. The number of ether oxygens (including phenoxy) is 1. The SMILES string of the molecule is Cc1nc(C2CCCOC2)sc1C(=O)Nc1cncnc1N1CCCC1. The molecule has 0 spiro atoms. The van der Waals surface area contributed by atoms with E-state index in [-0.39, 0.29) is 5.91 Å². The Kier molecular flexibility index (Phi) is 5.12. The van der Waals surface area contributed by atoms with Crippen molar-refractivity contribution in [1.29, 1.82) is 0 Å². The van der Waals surface area contributed by atoms with Gasteiger partial charge in [-0.15, -0.1) is 11.3 Å². The summed E-state index contributed by atoms with van der Waals surface area (Å²) in [5.41, 5.74) is 1.43. The molecule has 2 fully saturated rings. The molecular formula is C18H23N5O2S. The van der Waals surface area contributed by atoms with Crippen molar-refractivity contribution >= 4 is 28.7 Å². The van der Waals surface area contributed by atoms with Gasteiger partial charge in [-0.1, -0.05) is 0 Å². The van der Waals surface area contributed by atoms with Crippen LogP contribution in [0.1, 0.15) is 52.0 Å². The summed E-state index contributed by atoms with van der Waals surface area (Å²) in [7, 11) is 0. The van der Waals surface area contributed by atoms with Gasteiger partial charge in [0.1, 0.15) is 16.9 Å². The Labute approximate surface area is 156 Å². The summed E-state index contributed by atoms with van der Waals surface area (Å²) in [6, 6.07) is 0. The van der Waals surface area contributed by atoms with Gasteiger partial charge in [-0.25, -0.2) is 15.0 Å². The van der Waals surface area contributed by atoms with E-state index in [1.54, 1.807) is 6.20 Å². The summed E-state index contributed by atoms with van der Waals surface area (Å²) < 4.78 is 5.56. The Bertz CT molecular complexity index is 782. The molecule has 1 atom stereocenters. The van der Waals surface area contributed by atoms with E-state index in [0.29, 0.717) is 23.1 Å². The van der Waals surface area contributed by atoms with E-state index in [0.717, 1.165) is 61.9 Å². The highest BCUT2D eigenvalue weighted by molar-refractivity contribution is 7.14. The molecule has 0 aliphatic carbocycles. The molecule has 2 aliphatic rings. The predicted molar refractivity (Wildman–Crippen MR) is 101 cm³/mol. The summed E-state index contributed by atoms with van der Waals surface area (Å²) in [5.74, 6) is 0.960. The van der Waals surface area contributed by atoms with Crippen molar-refractivity contribution in [3.63, 3.8) is 0 Å². The maximum atomic E-state index is 12.9. The molecule has 0 saturated carbocycles. The molecule has 0 bridgehead atoms. The van der Waals surface area contributed by atoms with E-state index in [1.165, 1.54) is 17.7 Å². The number of carbonyl (C=O) groups is 1. The zero-order valence-corrected chi connectivity index (χ0v) is 15.7. The Hall–Kier alpha value is -2.06. The molecule has 2 aromatic heterocycles. The maximum absolute atomic E-state index is 12.9. The quantitative estimate of drug-likeness (QED) is 0.887. The summed E-state index contributed by atoms with van der Waals surface area (Å²) in [4.78, 5) is 28.8. The highest BCUT2D eigenvalue weighted by Gasteiger charge is 2.24. The summed E-state index contributed by atoms with van der Waals surface area (Å²) >= 11 is 1.47. The minimum absolute atomic E-state index is 0.141. The lowest BCUT2D eigenvalue weighted by molar-refractivity contribution is 0.0803. The number of aromatic nitrogens is 3. The van der Waals surface area contributed by atoms with Crippen LogP contribution in [0.15, 0.2) is 12.5 Å². The maximum Gasteiger partial charge on any atom is 0.267 e. The monoisotopic (exact) mass is 373 g/mol. The van der Waals surface area contributed by atoms with Crippen LogP contribution in [0.4, 0.5) is 11.5 Å². The molecular weight excluding hydrogens is 350 g/mol. The first-order valence-corrected chi connectivity index (χ1v) is 9.95. The fraction of sp³-hybridized carbons (Fsp3) is 0.556. The number of hydrogen-bond acceptors (Lipinski definition) is 7. The molecule has 2 aliphatic heterocycles. The van der Waals surface area contributed by atoms with Crippen molar-refractivity contribution in [2.24, 2.45) is 0 Å². The van der Waals surface area contributed by atoms with Crippen LogP contribution >= 0.6 is 11.3 Å². The van der Waals surface area contributed by atoms with Crippen molar-refractivity contribution in [2.75, 3.05) is 36.5 Å². The number of amides is 1. The Morgan fingerprint density at radius 1 is 1.35 bits per heavy atom. The molecule has 0 radical (unpaired) electrons. The minimum Gasteiger partial charge on any atom is -0.381 e. The zero-order valence-electron chi connectivity index (χ0n) is 14.9. The average Bonchev–Trinajstić information content (AvgIpc) is 3.33. The number of nitrogens with one attached hydrogen (secondary N) is 1. The molecule has 26 heavy (non-hydrogen) atoms. The molecule has 2 aromatic rings. The van der Waals surface area contributed by atoms with Gasteiger partial charge in [0.05, 0.1) is 23.5 Å². The smallest absolute Gasteiger partial charge is 0.267 e. The number of anilines is 2. The van der Waals surface area contributed by atoms with Gasteiger partial charge in [-0.05, 0) is 32.6 Å². The van der Waals surface area contributed by atoms with E-state index in [4.69, 9.17) is 4.74 Å². The van der Waals surface area contributed by atoms with Crippen LogP contribution in [0.5, 0.6) is 0 Å². The van der Waals surface area contributed by atoms with Gasteiger partial charge in [0.2, 0.25) is 0 Å². The van der Waals surface area contributed by atoms with E-state index in [2.05, 4.69) is 25.2 Å². The van der Waals surface area contributed by atoms with Gasteiger partial charge in [-0.2, -0.15) is 0 Å². The molecule has 1 N–H and O–H groups in total. The van der Waals surface area contributed by atoms with E-state index in [9.17, 15) is 4.79 Å². The Morgan fingerprint density at radius 3 is 2.96 bits per heavy atom. The van der Waals surface area contributed by atoms with E-state index >= 15 is 0 Å². The van der Waals surface area contributed by atoms with Gasteiger partial charge in [0, 0.05) is 25.6 Å². The number of carbonyl (C=O) groups excluding carboxylic acids is 1. The van der Waals surface area contributed by atoms with Crippen molar-refractivity contribution in [3.05, 3.63) is 28.1 Å². The predicted octanol–water partition coefficient (Wildman–Crippen LogP) is 2.99. The van der Waals surface area contributed by atoms with Gasteiger partial charge < -0.3 is 15.0 Å². The lowest BCUT2D eigenvalue weighted by Gasteiger charge is -2.19. The lowest BCUT2D eigenvalue weighted by Crippen LogP contribution is -2.22. The fourth-order valence-electron chi connectivity index (χ4n) is 3.51. The number of thiazole rings is 1. The molecule has 2 saturated heterocycles. The molecule has 8 heteroatoms. The molecule has 0 aromatic carbocycles. The molecule has 138 valence electrons. The highest BCUT2D eigenvalue weighted by atomic mass is 32.1. The van der Waals surface area contributed by atoms with Gasteiger partial charge in [-0.3, -0.25) is 4.79 Å². The third-order valence-corrected chi connectivity index (χ3v) is 6.19. The third kappa shape index (κ3) is 3.57. The van der Waals surface area contributed by atoms with Gasteiger partial charge in [0.25, 0.3) is 5.91 Å². The van der Waals surface area contributed by atoms with Crippen LogP contribution in [0.2, 0.25) is 0 Å². The van der Waals surface area contributed by atoms with Crippen molar-refractivity contribution < 1.29 is 9.53 Å². The second-order valence-corrected chi connectivity index (χ2v) is 7.82. The highest BCUT2D eigenvalue weighted by Crippen LogP contribution is 2.32. The molecule has 7 nitrogen and oxygen atoms in total. The molecule has 1 unspecified atom stereocenters. The Balaban J connectivity index is 1.53. The van der Waals surface area contributed by atoms with Crippen LogP contribution in [0.3, 0.4) is 0 Å². The molecule has 4 heterocycles. The summed E-state index contributed by atoms with van der Waals surface area (Å²) in [6.45, 7) is 5.33. The average molecular weight is 373 g/mol. The van der Waals surface area contributed by atoms with E-state index in [1.807, 2.05) is 6.92 Å². The second kappa shape index (κ2) is 7.67. The normalized spacial score (nSPS) is 20.3. The first-order valence-electron chi connectivity index (χ1n) is 9.14. The first kappa shape index (κ1) is 17.4. The van der Waals surface area contributed by atoms with E-state index < -0.39 is 0 Å². The number of nitrogens with zero attached hydrogens (tertiary/aromatic N) is 4. The van der Waals surface area contributed by atoms with Gasteiger partial charge in [0.15, 0.2) is 5.82 Å². The van der Waals surface area contributed by atoms with Crippen molar-refractivity contribution in [1.82, 2.24) is 15.0 Å². The Morgan fingerprint density at radius 2 is 2.19 bits per heavy atom.